The molecule has 0 fully saturated rings. The number of hydrogen-bond acceptors (Lipinski definition) is 3. The summed E-state index contributed by atoms with van der Waals surface area (Å²) in [6.07, 6.45) is 0. The lowest BCUT2D eigenvalue weighted by molar-refractivity contribution is -0.0328. The van der Waals surface area contributed by atoms with Crippen molar-refractivity contribution >= 4 is 17.4 Å². The third-order valence-corrected chi connectivity index (χ3v) is 3.47. The predicted octanol–water partition coefficient (Wildman–Crippen LogP) is 2.84. The topological polar surface area (TPSA) is 29.3 Å². The molecule has 2 nitrogen and oxygen atoms in total. The van der Waals surface area contributed by atoms with Gasteiger partial charge in [0.2, 0.25) is 0 Å². The number of nitrogen functional groups attached to an aromatic ring is 1. The highest BCUT2D eigenvalue weighted by molar-refractivity contribution is 8.00. The maximum absolute atomic E-state index is 12.0. The summed E-state index contributed by atoms with van der Waals surface area (Å²) < 4.78 is 35.9. The maximum atomic E-state index is 12.0. The number of benzene rings is 1. The maximum Gasteiger partial charge on any atom is 0.441 e. The summed E-state index contributed by atoms with van der Waals surface area (Å²) in [5.74, 6) is 0.0669. The van der Waals surface area contributed by atoms with E-state index in [-0.39, 0.29) is 17.5 Å². The van der Waals surface area contributed by atoms with E-state index >= 15 is 0 Å². The zero-order valence-corrected chi connectivity index (χ0v) is 9.94. The Balaban J connectivity index is 1.87. The predicted molar refractivity (Wildman–Crippen MR) is 63.5 cm³/mol. The van der Waals surface area contributed by atoms with E-state index in [1.807, 2.05) is 23.1 Å². The van der Waals surface area contributed by atoms with Crippen molar-refractivity contribution in [2.24, 2.45) is 0 Å². The van der Waals surface area contributed by atoms with Crippen molar-refractivity contribution in [2.45, 2.75) is 18.6 Å². The van der Waals surface area contributed by atoms with Crippen LogP contribution in [0.4, 0.5) is 18.9 Å². The van der Waals surface area contributed by atoms with Crippen molar-refractivity contribution < 1.29 is 13.2 Å². The average Bonchev–Trinajstić information content (AvgIpc) is 2.60. The zero-order valence-electron chi connectivity index (χ0n) is 9.13. The second-order valence-electron chi connectivity index (χ2n) is 3.99. The van der Waals surface area contributed by atoms with Gasteiger partial charge >= 0.3 is 5.51 Å². The summed E-state index contributed by atoms with van der Waals surface area (Å²) >= 11 is 0.0304. The van der Waals surface area contributed by atoms with Crippen molar-refractivity contribution in [2.75, 3.05) is 18.0 Å². The number of nitrogens with two attached hydrogens (primary N) is 1. The van der Waals surface area contributed by atoms with Crippen LogP contribution in [0.5, 0.6) is 0 Å². The van der Waals surface area contributed by atoms with E-state index in [9.17, 15) is 13.2 Å². The molecule has 6 heteroatoms. The minimum absolute atomic E-state index is 0.0304. The first-order valence-corrected chi connectivity index (χ1v) is 6.23. The number of thioether (sulfide) groups is 1. The van der Waals surface area contributed by atoms with Gasteiger partial charge in [-0.15, -0.1) is 0 Å². The molecule has 1 heterocycles. The molecule has 0 atom stereocenters. The summed E-state index contributed by atoms with van der Waals surface area (Å²) in [4.78, 5) is 1.99. The first-order valence-electron chi connectivity index (χ1n) is 5.25. The normalized spacial score (nSPS) is 16.2. The quantitative estimate of drug-likeness (QED) is 0.849. The lowest BCUT2D eigenvalue weighted by atomic mass is 10.1. The number of anilines is 1. The fraction of sp³-hybridized carbons (Fsp3) is 0.455. The summed E-state index contributed by atoms with van der Waals surface area (Å²) in [7, 11) is 0. The van der Waals surface area contributed by atoms with Gasteiger partial charge in [0, 0.05) is 31.1 Å². The van der Waals surface area contributed by atoms with Gasteiger partial charge in [0.05, 0.1) is 0 Å². The molecule has 0 spiro atoms. The van der Waals surface area contributed by atoms with Crippen LogP contribution >= 0.6 is 11.8 Å². The molecule has 2 rings (SSSR count). The smallest absolute Gasteiger partial charge is 0.398 e. The van der Waals surface area contributed by atoms with Crippen LogP contribution in [0.15, 0.2) is 18.2 Å². The lowest BCUT2D eigenvalue weighted by Gasteiger charge is -2.14. The minimum atomic E-state index is -4.13. The van der Waals surface area contributed by atoms with Gasteiger partial charge in [-0.3, -0.25) is 4.90 Å². The molecule has 1 aliphatic rings. The highest BCUT2D eigenvalue weighted by Crippen LogP contribution is 2.31. The Kier molecular flexibility index (Phi) is 3.53. The largest absolute Gasteiger partial charge is 0.441 e. The summed E-state index contributed by atoms with van der Waals surface area (Å²) in [6.45, 7) is 1.78. The van der Waals surface area contributed by atoms with Crippen LogP contribution < -0.4 is 5.73 Å². The first kappa shape index (κ1) is 12.6. The van der Waals surface area contributed by atoms with Gasteiger partial charge in [-0.25, -0.2) is 0 Å². The number of hydrogen-bond donors (Lipinski definition) is 1. The molecule has 0 saturated carbocycles. The Morgan fingerprint density at radius 3 is 2.71 bits per heavy atom. The van der Waals surface area contributed by atoms with E-state index in [1.54, 1.807) is 0 Å². The fourth-order valence-corrected chi connectivity index (χ4v) is 2.55. The average molecular weight is 262 g/mol. The molecule has 1 aromatic rings. The van der Waals surface area contributed by atoms with Crippen LogP contribution in [-0.4, -0.2) is 22.7 Å². The van der Waals surface area contributed by atoms with E-state index < -0.39 is 5.51 Å². The standard InChI is InChI=1S/C11H13F3N2S/c12-11(13,14)17-5-4-16-6-8-2-1-3-10(15)9(8)7-16/h1-3H,4-7,15H2. The van der Waals surface area contributed by atoms with Gasteiger partial charge in [-0.2, -0.15) is 13.2 Å². The molecule has 1 aromatic carbocycles. The van der Waals surface area contributed by atoms with Crippen molar-refractivity contribution in [3.8, 4) is 0 Å². The highest BCUT2D eigenvalue weighted by Gasteiger charge is 2.28. The number of halogens is 3. The van der Waals surface area contributed by atoms with Crippen molar-refractivity contribution in [3.05, 3.63) is 29.3 Å². The van der Waals surface area contributed by atoms with Crippen LogP contribution in [0.25, 0.3) is 0 Å². The van der Waals surface area contributed by atoms with Crippen LogP contribution in [-0.2, 0) is 13.1 Å². The molecular weight excluding hydrogens is 249 g/mol. The van der Waals surface area contributed by atoms with Crippen molar-refractivity contribution in [1.29, 1.82) is 0 Å². The second kappa shape index (κ2) is 4.78. The number of fused-ring (bicyclic) bond motifs is 1. The fourth-order valence-electron chi connectivity index (χ4n) is 1.96. The Hall–Kier alpha value is -0.880. The first-order chi connectivity index (χ1) is 7.96. The van der Waals surface area contributed by atoms with Gasteiger partial charge < -0.3 is 5.73 Å². The molecule has 2 N–H and O–H groups in total. The van der Waals surface area contributed by atoms with E-state index in [4.69, 9.17) is 5.73 Å². The van der Waals surface area contributed by atoms with Crippen molar-refractivity contribution in [3.63, 3.8) is 0 Å². The molecule has 1 aliphatic heterocycles. The molecule has 0 amide bonds. The monoisotopic (exact) mass is 262 g/mol. The van der Waals surface area contributed by atoms with E-state index in [2.05, 4.69) is 0 Å². The molecule has 0 unspecified atom stereocenters. The molecule has 0 aliphatic carbocycles. The van der Waals surface area contributed by atoms with Gasteiger partial charge in [0.1, 0.15) is 0 Å². The highest BCUT2D eigenvalue weighted by atomic mass is 32.2. The van der Waals surface area contributed by atoms with E-state index in [0.717, 1.165) is 16.8 Å². The summed E-state index contributed by atoms with van der Waals surface area (Å²) in [6, 6.07) is 5.68. The molecule has 0 bridgehead atoms. The van der Waals surface area contributed by atoms with Gasteiger partial charge in [-0.05, 0) is 29.0 Å². The van der Waals surface area contributed by atoms with E-state index in [0.29, 0.717) is 19.6 Å². The van der Waals surface area contributed by atoms with Gasteiger partial charge in [-0.1, -0.05) is 12.1 Å². The molecule has 0 radical (unpaired) electrons. The Morgan fingerprint density at radius 1 is 1.29 bits per heavy atom. The molecular formula is C11H13F3N2S. The second-order valence-corrected chi connectivity index (χ2v) is 5.15. The number of alkyl halides is 3. The molecule has 94 valence electrons. The summed E-state index contributed by atoms with van der Waals surface area (Å²) in [5.41, 5.74) is 4.60. The van der Waals surface area contributed by atoms with Crippen LogP contribution in [0.3, 0.4) is 0 Å². The van der Waals surface area contributed by atoms with Crippen LogP contribution in [0, 0.1) is 0 Å². The Bertz CT molecular complexity index is 406. The van der Waals surface area contributed by atoms with E-state index in [1.165, 1.54) is 0 Å². The Labute approximate surface area is 102 Å². The van der Waals surface area contributed by atoms with Gasteiger partial charge in [0.15, 0.2) is 0 Å². The molecule has 0 aromatic heterocycles. The number of rotatable bonds is 3. The van der Waals surface area contributed by atoms with Crippen molar-refractivity contribution in [1.82, 2.24) is 4.90 Å². The Morgan fingerprint density at radius 2 is 2.06 bits per heavy atom. The minimum Gasteiger partial charge on any atom is -0.398 e. The van der Waals surface area contributed by atoms with Gasteiger partial charge in [0.25, 0.3) is 0 Å². The summed E-state index contributed by atoms with van der Waals surface area (Å²) in [5, 5.41) is 0. The SMILES string of the molecule is Nc1cccc2c1CN(CCSC(F)(F)F)C2. The lowest BCUT2D eigenvalue weighted by Crippen LogP contribution is -2.20. The zero-order chi connectivity index (χ0) is 12.5. The van der Waals surface area contributed by atoms with Crippen LogP contribution in [0.2, 0.25) is 0 Å². The third-order valence-electron chi connectivity index (χ3n) is 2.76. The molecule has 0 saturated heterocycles. The number of nitrogens with zero attached hydrogens (tertiary/aromatic N) is 1. The van der Waals surface area contributed by atoms with Crippen LogP contribution in [0.1, 0.15) is 11.1 Å². The molecule has 17 heavy (non-hydrogen) atoms. The third kappa shape index (κ3) is 3.29.